The van der Waals surface area contributed by atoms with Gasteiger partial charge < -0.3 is 14.7 Å². The van der Waals surface area contributed by atoms with E-state index in [4.69, 9.17) is 8.92 Å². The Bertz CT molecular complexity index is 820. The number of carboxylic acid groups (broad SMARTS) is 1. The summed E-state index contributed by atoms with van der Waals surface area (Å²) < 4.78 is 35.1. The maximum atomic E-state index is 12.1. The van der Waals surface area contributed by atoms with Gasteiger partial charge in [0.2, 0.25) is 0 Å². The largest absolute Gasteiger partial charge is 0.493 e. The predicted molar refractivity (Wildman–Crippen MR) is 112 cm³/mol. The maximum Gasteiger partial charge on any atom is 0.335 e. The van der Waals surface area contributed by atoms with Gasteiger partial charge in [-0.3, -0.25) is 14.4 Å². The Hall–Kier alpha value is -1.72. The standard InChI is InChI=1S/C20H31N3O6S/c1-22-6-8-23(9-7-22)10-11-30(26,27)29-15-21-13-18-5-4-17(20(24)25)12-19(18)28-14-16-2-3-16/h4-5,12,16,21H,2-3,6-11,13-15H2,1H3,(H,24,25). The van der Waals surface area contributed by atoms with Crippen molar-refractivity contribution >= 4 is 16.1 Å². The van der Waals surface area contributed by atoms with Crippen LogP contribution in [-0.2, 0) is 20.8 Å². The first-order chi connectivity index (χ1) is 14.3. The van der Waals surface area contributed by atoms with E-state index in [1.165, 1.54) is 12.1 Å². The molecule has 0 atom stereocenters. The van der Waals surface area contributed by atoms with Crippen molar-refractivity contribution in [2.75, 3.05) is 58.9 Å². The summed E-state index contributed by atoms with van der Waals surface area (Å²) >= 11 is 0. The smallest absolute Gasteiger partial charge is 0.335 e. The second-order valence-corrected chi connectivity index (χ2v) is 9.74. The zero-order valence-corrected chi connectivity index (χ0v) is 18.2. The number of ether oxygens (including phenoxy) is 1. The van der Waals surface area contributed by atoms with E-state index in [0.29, 0.717) is 31.4 Å². The fourth-order valence-electron chi connectivity index (χ4n) is 3.15. The van der Waals surface area contributed by atoms with Crippen LogP contribution in [-0.4, -0.2) is 88.2 Å². The lowest BCUT2D eigenvalue weighted by atomic mass is 10.1. The van der Waals surface area contributed by atoms with Crippen molar-refractivity contribution in [3.8, 4) is 5.75 Å². The third-order valence-electron chi connectivity index (χ3n) is 5.39. The third-order valence-corrected chi connectivity index (χ3v) is 6.55. The van der Waals surface area contributed by atoms with Crippen molar-refractivity contribution in [2.45, 2.75) is 19.4 Å². The highest BCUT2D eigenvalue weighted by Crippen LogP contribution is 2.30. The molecular formula is C20H31N3O6S. The lowest BCUT2D eigenvalue weighted by Crippen LogP contribution is -2.46. The molecule has 2 N–H and O–H groups in total. The Morgan fingerprint density at radius 3 is 2.63 bits per heavy atom. The molecule has 30 heavy (non-hydrogen) atoms. The minimum Gasteiger partial charge on any atom is -0.493 e. The van der Waals surface area contributed by atoms with Gasteiger partial charge >= 0.3 is 5.97 Å². The second-order valence-electron chi connectivity index (χ2n) is 7.98. The summed E-state index contributed by atoms with van der Waals surface area (Å²) in [6.45, 7) is 4.80. The zero-order valence-electron chi connectivity index (χ0n) is 17.4. The number of carboxylic acids is 1. The molecule has 1 aliphatic heterocycles. The molecule has 0 spiro atoms. The molecule has 0 unspecified atom stereocenters. The number of rotatable bonds is 12. The number of carbonyl (C=O) groups is 1. The summed E-state index contributed by atoms with van der Waals surface area (Å²) in [7, 11) is -1.56. The average Bonchev–Trinajstić information content (AvgIpc) is 3.54. The van der Waals surface area contributed by atoms with Crippen molar-refractivity contribution in [1.82, 2.24) is 15.1 Å². The molecule has 1 heterocycles. The van der Waals surface area contributed by atoms with Crippen molar-refractivity contribution in [1.29, 1.82) is 0 Å². The summed E-state index contributed by atoms with van der Waals surface area (Å²) in [5, 5.41) is 12.1. The van der Waals surface area contributed by atoms with E-state index in [-0.39, 0.29) is 18.0 Å². The molecule has 1 aliphatic carbocycles. The normalized spacial score (nSPS) is 18.4. The van der Waals surface area contributed by atoms with Gasteiger partial charge in [-0.15, -0.1) is 0 Å². The number of piperazine rings is 1. The van der Waals surface area contributed by atoms with Crippen LogP contribution in [0.5, 0.6) is 5.75 Å². The van der Waals surface area contributed by atoms with Gasteiger partial charge in [0.05, 0.1) is 17.9 Å². The van der Waals surface area contributed by atoms with Gasteiger partial charge in [-0.2, -0.15) is 8.42 Å². The Labute approximate surface area is 178 Å². The number of hydrogen-bond donors (Lipinski definition) is 2. The van der Waals surface area contributed by atoms with Crippen LogP contribution in [0, 0.1) is 5.92 Å². The van der Waals surface area contributed by atoms with Gasteiger partial charge in [0.25, 0.3) is 10.1 Å². The number of nitrogens with zero attached hydrogens (tertiary/aromatic N) is 2. The minimum atomic E-state index is -3.62. The Kier molecular flexibility index (Phi) is 8.06. The Morgan fingerprint density at radius 1 is 1.23 bits per heavy atom. The highest BCUT2D eigenvalue weighted by Gasteiger charge is 2.23. The summed E-state index contributed by atoms with van der Waals surface area (Å²) in [6.07, 6.45) is 2.26. The molecule has 0 amide bonds. The minimum absolute atomic E-state index is 0.0402. The van der Waals surface area contributed by atoms with Crippen LogP contribution in [0.1, 0.15) is 28.8 Å². The van der Waals surface area contributed by atoms with Crippen molar-refractivity contribution in [3.63, 3.8) is 0 Å². The van der Waals surface area contributed by atoms with Gasteiger partial charge in [-0.25, -0.2) is 4.79 Å². The molecule has 1 aromatic carbocycles. The number of benzene rings is 1. The van der Waals surface area contributed by atoms with E-state index < -0.39 is 16.1 Å². The summed E-state index contributed by atoms with van der Waals surface area (Å²) in [6, 6.07) is 4.70. The number of likely N-dealkylation sites (N-methyl/N-ethyl adjacent to an activating group) is 1. The molecule has 2 fully saturated rings. The van der Waals surface area contributed by atoms with Crippen LogP contribution >= 0.6 is 0 Å². The SMILES string of the molecule is CN1CCN(CCS(=O)(=O)OCNCc2ccc(C(=O)O)cc2OCC2CC2)CC1. The molecule has 168 valence electrons. The molecule has 1 saturated heterocycles. The predicted octanol–water partition coefficient (Wildman–Crippen LogP) is 0.815. The van der Waals surface area contributed by atoms with E-state index in [9.17, 15) is 18.3 Å². The average molecular weight is 442 g/mol. The molecule has 2 aliphatic rings. The van der Waals surface area contributed by atoms with E-state index in [2.05, 4.69) is 22.2 Å². The second kappa shape index (κ2) is 10.5. The lowest BCUT2D eigenvalue weighted by molar-refractivity contribution is 0.0696. The zero-order chi connectivity index (χ0) is 21.6. The van der Waals surface area contributed by atoms with Crippen LogP contribution in [0.4, 0.5) is 0 Å². The van der Waals surface area contributed by atoms with Crippen molar-refractivity contribution < 1.29 is 27.2 Å². The van der Waals surface area contributed by atoms with Gasteiger partial charge in [-0.05, 0) is 37.9 Å². The lowest BCUT2D eigenvalue weighted by Gasteiger charge is -2.32. The fourth-order valence-corrected chi connectivity index (χ4v) is 4.01. The first-order valence-corrected chi connectivity index (χ1v) is 11.9. The Balaban J connectivity index is 1.43. The Morgan fingerprint density at radius 2 is 1.97 bits per heavy atom. The summed E-state index contributed by atoms with van der Waals surface area (Å²) in [4.78, 5) is 15.6. The molecule has 0 bridgehead atoms. The highest BCUT2D eigenvalue weighted by atomic mass is 32.2. The summed E-state index contributed by atoms with van der Waals surface area (Å²) in [5.74, 6) is -0.0117. The van der Waals surface area contributed by atoms with Crippen LogP contribution in [0.15, 0.2) is 18.2 Å². The quantitative estimate of drug-likeness (QED) is 0.277. The van der Waals surface area contributed by atoms with Crippen LogP contribution in [0.2, 0.25) is 0 Å². The van der Waals surface area contributed by atoms with E-state index in [1.807, 2.05) is 0 Å². The molecule has 1 saturated carbocycles. The highest BCUT2D eigenvalue weighted by molar-refractivity contribution is 7.86. The molecule has 10 heteroatoms. The molecule has 0 aromatic heterocycles. The molecular weight excluding hydrogens is 410 g/mol. The maximum absolute atomic E-state index is 12.1. The van der Waals surface area contributed by atoms with Gasteiger partial charge in [0.1, 0.15) is 12.5 Å². The van der Waals surface area contributed by atoms with E-state index in [0.717, 1.165) is 44.6 Å². The fraction of sp³-hybridized carbons (Fsp3) is 0.650. The monoisotopic (exact) mass is 441 g/mol. The van der Waals surface area contributed by atoms with Crippen molar-refractivity contribution in [2.24, 2.45) is 5.92 Å². The van der Waals surface area contributed by atoms with Crippen LogP contribution in [0.3, 0.4) is 0 Å². The first-order valence-electron chi connectivity index (χ1n) is 10.3. The summed E-state index contributed by atoms with van der Waals surface area (Å²) in [5.41, 5.74) is 0.923. The topological polar surface area (TPSA) is 108 Å². The third kappa shape index (κ3) is 7.51. The number of aromatic carboxylic acids is 1. The van der Waals surface area contributed by atoms with Crippen LogP contribution < -0.4 is 10.1 Å². The molecule has 1 aromatic rings. The van der Waals surface area contributed by atoms with Crippen LogP contribution in [0.25, 0.3) is 0 Å². The first kappa shape index (κ1) is 23.0. The van der Waals surface area contributed by atoms with E-state index in [1.54, 1.807) is 6.07 Å². The van der Waals surface area contributed by atoms with Gasteiger partial charge in [0.15, 0.2) is 0 Å². The molecule has 9 nitrogen and oxygen atoms in total. The van der Waals surface area contributed by atoms with Gasteiger partial charge in [0, 0.05) is 44.8 Å². The van der Waals surface area contributed by atoms with E-state index >= 15 is 0 Å². The molecule has 3 rings (SSSR count). The van der Waals surface area contributed by atoms with Gasteiger partial charge in [-0.1, -0.05) is 6.07 Å². The number of hydrogen-bond acceptors (Lipinski definition) is 8. The number of nitrogens with one attached hydrogen (secondary N) is 1. The van der Waals surface area contributed by atoms with Crippen molar-refractivity contribution in [3.05, 3.63) is 29.3 Å². The molecule has 0 radical (unpaired) electrons.